The van der Waals surface area contributed by atoms with E-state index in [-0.39, 0.29) is 17.5 Å². The van der Waals surface area contributed by atoms with Gasteiger partial charge in [-0.2, -0.15) is 0 Å². The minimum Gasteiger partial charge on any atom is -0.333 e. The number of benzene rings is 1. The Kier molecular flexibility index (Phi) is 5.67. The quantitative estimate of drug-likeness (QED) is 0.810. The van der Waals surface area contributed by atoms with E-state index in [1.165, 1.54) is 11.3 Å². The molecule has 1 aliphatic rings. The van der Waals surface area contributed by atoms with Crippen LogP contribution in [0.25, 0.3) is 10.6 Å². The number of hydrogen-bond donors (Lipinski definition) is 2. The predicted molar refractivity (Wildman–Crippen MR) is 107 cm³/mol. The number of rotatable bonds is 3. The fraction of sp³-hybridized carbons (Fsp3) is 0.444. The summed E-state index contributed by atoms with van der Waals surface area (Å²) >= 11 is 7.28. The molecule has 2 heterocycles. The fourth-order valence-electron chi connectivity index (χ4n) is 2.88. The lowest BCUT2D eigenvalue weighted by Gasteiger charge is -2.28. The van der Waals surface area contributed by atoms with Crippen LogP contribution < -0.4 is 10.6 Å². The Labute approximate surface area is 167 Å². The Morgan fingerprint density at radius 1 is 1.30 bits per heavy atom. The van der Waals surface area contributed by atoms with Crippen LogP contribution in [0.2, 0.25) is 5.02 Å². The predicted octanol–water partition coefficient (Wildman–Crippen LogP) is 3.77. The van der Waals surface area contributed by atoms with Gasteiger partial charge in [0.05, 0.1) is 0 Å². The van der Waals surface area contributed by atoms with Gasteiger partial charge in [0.1, 0.15) is 11.0 Å². The highest BCUT2D eigenvalue weighted by atomic mass is 35.5. The zero-order chi connectivity index (χ0) is 19.6. The van der Waals surface area contributed by atoms with Gasteiger partial charge in [-0.05, 0) is 45.7 Å². The molecule has 9 heteroatoms. The van der Waals surface area contributed by atoms with E-state index in [1.54, 1.807) is 17.0 Å². The second kappa shape index (κ2) is 7.82. The number of aromatic nitrogens is 2. The van der Waals surface area contributed by atoms with Crippen LogP contribution in [0.3, 0.4) is 0 Å². The lowest BCUT2D eigenvalue weighted by molar-refractivity contribution is -0.119. The van der Waals surface area contributed by atoms with Crippen molar-refractivity contribution < 1.29 is 9.59 Å². The van der Waals surface area contributed by atoms with Crippen LogP contribution in [0.4, 0.5) is 9.93 Å². The van der Waals surface area contributed by atoms with Crippen LogP contribution in [0.5, 0.6) is 0 Å². The summed E-state index contributed by atoms with van der Waals surface area (Å²) in [5, 5.41) is 15.5. The second-order valence-corrected chi connectivity index (χ2v) is 8.86. The SMILES string of the molecule is CC(C)(C)NC(=O)N1CCCC1C(=O)Nc1nnc(-c2cccc(Cl)c2)s1. The average molecular weight is 408 g/mol. The number of hydrogen-bond acceptors (Lipinski definition) is 5. The summed E-state index contributed by atoms with van der Waals surface area (Å²) in [5.74, 6) is -0.245. The van der Waals surface area contributed by atoms with Crippen LogP contribution in [0.15, 0.2) is 24.3 Å². The molecule has 1 atom stereocenters. The summed E-state index contributed by atoms with van der Waals surface area (Å²) in [6.45, 7) is 6.29. The van der Waals surface area contributed by atoms with Crippen LogP contribution in [0, 0.1) is 0 Å². The lowest BCUT2D eigenvalue weighted by atomic mass is 10.1. The van der Waals surface area contributed by atoms with Gasteiger partial charge >= 0.3 is 6.03 Å². The molecule has 3 amide bonds. The number of nitrogens with one attached hydrogen (secondary N) is 2. The van der Waals surface area contributed by atoms with Crippen molar-refractivity contribution in [2.45, 2.75) is 45.2 Å². The lowest BCUT2D eigenvalue weighted by Crippen LogP contribution is -2.52. The summed E-state index contributed by atoms with van der Waals surface area (Å²) in [5.41, 5.74) is 0.485. The number of likely N-dealkylation sites (tertiary alicyclic amines) is 1. The van der Waals surface area contributed by atoms with Gasteiger partial charge < -0.3 is 10.2 Å². The van der Waals surface area contributed by atoms with E-state index in [0.717, 1.165) is 12.0 Å². The Balaban J connectivity index is 1.67. The number of urea groups is 1. The number of nitrogens with zero attached hydrogens (tertiary/aromatic N) is 3. The molecule has 2 aromatic rings. The summed E-state index contributed by atoms with van der Waals surface area (Å²) in [6, 6.07) is 6.56. The van der Waals surface area contributed by atoms with E-state index >= 15 is 0 Å². The molecular formula is C18H22ClN5O2S. The molecule has 0 spiro atoms. The molecule has 1 aromatic heterocycles. The largest absolute Gasteiger partial charge is 0.333 e. The maximum absolute atomic E-state index is 12.7. The van der Waals surface area contributed by atoms with Gasteiger partial charge in [-0.25, -0.2) is 4.79 Å². The first-order chi connectivity index (χ1) is 12.7. The van der Waals surface area contributed by atoms with E-state index < -0.39 is 6.04 Å². The van der Waals surface area contributed by atoms with Crippen LogP contribution >= 0.6 is 22.9 Å². The molecule has 1 aromatic carbocycles. The normalized spacial score (nSPS) is 17.0. The van der Waals surface area contributed by atoms with Crippen LogP contribution in [0.1, 0.15) is 33.6 Å². The molecule has 1 aliphatic heterocycles. The Morgan fingerprint density at radius 2 is 2.07 bits per heavy atom. The highest BCUT2D eigenvalue weighted by Crippen LogP contribution is 2.29. The van der Waals surface area contributed by atoms with E-state index in [1.807, 2.05) is 32.9 Å². The van der Waals surface area contributed by atoms with Gasteiger partial charge in [0, 0.05) is 22.7 Å². The van der Waals surface area contributed by atoms with Crippen molar-refractivity contribution in [3.05, 3.63) is 29.3 Å². The maximum atomic E-state index is 12.7. The number of carbonyl (C=O) groups is 2. The molecule has 7 nitrogen and oxygen atoms in total. The van der Waals surface area contributed by atoms with Crippen molar-refractivity contribution in [1.82, 2.24) is 20.4 Å². The Hall–Kier alpha value is -2.19. The third kappa shape index (κ3) is 4.95. The molecule has 1 saturated heterocycles. The molecule has 0 aliphatic carbocycles. The maximum Gasteiger partial charge on any atom is 0.318 e. The van der Waals surface area contributed by atoms with Gasteiger partial charge in [0.25, 0.3) is 0 Å². The first kappa shape index (κ1) is 19.6. The van der Waals surface area contributed by atoms with Crippen molar-refractivity contribution in [1.29, 1.82) is 0 Å². The van der Waals surface area contributed by atoms with Gasteiger partial charge in [0.15, 0.2) is 0 Å². The summed E-state index contributed by atoms with van der Waals surface area (Å²) in [6.07, 6.45) is 1.42. The van der Waals surface area contributed by atoms with E-state index in [2.05, 4.69) is 20.8 Å². The van der Waals surface area contributed by atoms with Crippen molar-refractivity contribution in [3.63, 3.8) is 0 Å². The van der Waals surface area contributed by atoms with Crippen molar-refractivity contribution in [3.8, 4) is 10.6 Å². The molecular weight excluding hydrogens is 386 g/mol. The Morgan fingerprint density at radius 3 is 2.78 bits per heavy atom. The second-order valence-electron chi connectivity index (χ2n) is 7.44. The molecule has 144 valence electrons. The number of halogens is 1. The van der Waals surface area contributed by atoms with Crippen LogP contribution in [-0.4, -0.2) is 45.2 Å². The molecule has 3 rings (SSSR count). The number of amides is 3. The highest BCUT2D eigenvalue weighted by Gasteiger charge is 2.35. The molecule has 0 saturated carbocycles. The molecule has 0 radical (unpaired) electrons. The summed E-state index contributed by atoms with van der Waals surface area (Å²) in [7, 11) is 0. The van der Waals surface area contributed by atoms with Gasteiger partial charge in [0.2, 0.25) is 11.0 Å². The number of carbonyl (C=O) groups excluding carboxylic acids is 2. The highest BCUT2D eigenvalue weighted by molar-refractivity contribution is 7.18. The third-order valence-corrected chi connectivity index (χ3v) is 5.15. The van der Waals surface area contributed by atoms with Gasteiger partial charge in [-0.1, -0.05) is 35.1 Å². The summed E-state index contributed by atoms with van der Waals surface area (Å²) in [4.78, 5) is 26.7. The van der Waals surface area contributed by atoms with E-state index in [0.29, 0.717) is 28.1 Å². The van der Waals surface area contributed by atoms with Crippen LogP contribution in [-0.2, 0) is 4.79 Å². The smallest absolute Gasteiger partial charge is 0.318 e. The van der Waals surface area contributed by atoms with E-state index in [4.69, 9.17) is 11.6 Å². The zero-order valence-corrected chi connectivity index (χ0v) is 17.0. The standard InChI is InChI=1S/C18H22ClN5O2S/c1-18(2,3)21-17(26)24-9-5-8-13(24)14(25)20-16-23-22-15(27-16)11-6-4-7-12(19)10-11/h4,6-7,10,13H,5,8-9H2,1-3H3,(H,21,26)(H,20,23,25). The first-order valence-corrected chi connectivity index (χ1v) is 9.91. The Bertz CT molecular complexity index is 848. The fourth-order valence-corrected chi connectivity index (χ4v) is 3.81. The molecule has 2 N–H and O–H groups in total. The minimum absolute atomic E-state index is 0.225. The molecule has 27 heavy (non-hydrogen) atoms. The topological polar surface area (TPSA) is 87.2 Å². The van der Waals surface area contributed by atoms with E-state index in [9.17, 15) is 9.59 Å². The van der Waals surface area contributed by atoms with Crippen molar-refractivity contribution >= 4 is 40.0 Å². The van der Waals surface area contributed by atoms with Crippen molar-refractivity contribution in [2.75, 3.05) is 11.9 Å². The molecule has 0 bridgehead atoms. The van der Waals surface area contributed by atoms with Crippen molar-refractivity contribution in [2.24, 2.45) is 0 Å². The minimum atomic E-state index is -0.508. The average Bonchev–Trinajstić information content (AvgIpc) is 3.22. The zero-order valence-electron chi connectivity index (χ0n) is 15.5. The monoisotopic (exact) mass is 407 g/mol. The van der Waals surface area contributed by atoms with Gasteiger partial charge in [-0.15, -0.1) is 10.2 Å². The summed E-state index contributed by atoms with van der Waals surface area (Å²) < 4.78 is 0. The molecule has 1 fully saturated rings. The number of anilines is 1. The molecule has 1 unspecified atom stereocenters. The third-order valence-electron chi connectivity index (χ3n) is 4.02. The van der Waals surface area contributed by atoms with Gasteiger partial charge in [-0.3, -0.25) is 10.1 Å². The first-order valence-electron chi connectivity index (χ1n) is 8.72.